The molecule has 0 aliphatic rings. The Morgan fingerprint density at radius 3 is 2.74 bits per heavy atom. The molecule has 1 atom stereocenters. The molecule has 0 radical (unpaired) electrons. The van der Waals surface area contributed by atoms with Crippen LogP contribution in [0.5, 0.6) is 0 Å². The van der Waals surface area contributed by atoms with Crippen LogP contribution in [-0.4, -0.2) is 10.9 Å². The first-order valence-electron chi connectivity index (χ1n) is 5.65. The minimum absolute atomic E-state index is 0.0550. The first-order chi connectivity index (χ1) is 8.97. The topological polar surface area (TPSA) is 42.0 Å². The molecule has 0 aliphatic heterocycles. The first-order valence-corrected chi connectivity index (χ1v) is 7.23. The number of hydrogen-bond acceptors (Lipinski definition) is 3. The number of thiophene rings is 1. The predicted molar refractivity (Wildman–Crippen MR) is 79.2 cm³/mol. The zero-order valence-corrected chi connectivity index (χ0v) is 12.7. The summed E-state index contributed by atoms with van der Waals surface area (Å²) in [4.78, 5) is 18.2. The van der Waals surface area contributed by atoms with Gasteiger partial charge in [0.2, 0.25) is 0 Å². The van der Waals surface area contributed by atoms with Crippen molar-refractivity contribution in [2.75, 3.05) is 0 Å². The maximum Gasteiger partial charge on any atom is 0.253 e. The average Bonchev–Trinajstić information content (AvgIpc) is 2.79. The SMILES string of the molecule is Cc1ccc(C(C)NC(=O)c2cnc(Cl)c(Cl)c2)s1. The molecule has 0 aliphatic carbocycles. The molecule has 1 amide bonds. The molecule has 1 unspecified atom stereocenters. The van der Waals surface area contributed by atoms with Crippen LogP contribution in [0, 0.1) is 6.92 Å². The number of halogens is 2. The van der Waals surface area contributed by atoms with Crippen molar-refractivity contribution in [1.29, 1.82) is 0 Å². The molecule has 0 spiro atoms. The van der Waals surface area contributed by atoms with Crippen LogP contribution in [0.4, 0.5) is 0 Å². The van der Waals surface area contributed by atoms with Gasteiger partial charge in [0, 0.05) is 16.0 Å². The first kappa shape index (κ1) is 14.3. The van der Waals surface area contributed by atoms with Crippen molar-refractivity contribution in [2.24, 2.45) is 0 Å². The highest BCUT2D eigenvalue weighted by Gasteiger charge is 2.14. The van der Waals surface area contributed by atoms with Crippen LogP contribution in [0.25, 0.3) is 0 Å². The maximum absolute atomic E-state index is 12.1. The van der Waals surface area contributed by atoms with E-state index in [1.807, 2.05) is 26.0 Å². The minimum Gasteiger partial charge on any atom is -0.345 e. The summed E-state index contributed by atoms with van der Waals surface area (Å²) in [7, 11) is 0. The number of rotatable bonds is 3. The third-order valence-electron chi connectivity index (χ3n) is 2.59. The van der Waals surface area contributed by atoms with Gasteiger partial charge in [-0.15, -0.1) is 11.3 Å². The maximum atomic E-state index is 12.1. The lowest BCUT2D eigenvalue weighted by molar-refractivity contribution is 0.0940. The number of pyridine rings is 1. The zero-order chi connectivity index (χ0) is 14.0. The summed E-state index contributed by atoms with van der Waals surface area (Å²) in [5.74, 6) is -0.218. The van der Waals surface area contributed by atoms with Crippen molar-refractivity contribution in [3.05, 3.63) is 49.9 Å². The Morgan fingerprint density at radius 1 is 1.42 bits per heavy atom. The Hall–Kier alpha value is -1.10. The Labute approximate surface area is 125 Å². The minimum atomic E-state index is -0.218. The van der Waals surface area contributed by atoms with E-state index in [1.165, 1.54) is 17.1 Å². The molecule has 0 bridgehead atoms. The van der Waals surface area contributed by atoms with Crippen molar-refractivity contribution in [2.45, 2.75) is 19.9 Å². The normalized spacial score (nSPS) is 12.2. The Balaban J connectivity index is 2.10. The lowest BCUT2D eigenvalue weighted by Crippen LogP contribution is -2.26. The molecule has 0 saturated carbocycles. The molecule has 2 heterocycles. The second kappa shape index (κ2) is 5.90. The van der Waals surface area contributed by atoms with Gasteiger partial charge < -0.3 is 5.32 Å². The van der Waals surface area contributed by atoms with E-state index < -0.39 is 0 Å². The molecule has 19 heavy (non-hydrogen) atoms. The number of hydrogen-bond donors (Lipinski definition) is 1. The van der Waals surface area contributed by atoms with Crippen LogP contribution in [0.15, 0.2) is 24.4 Å². The van der Waals surface area contributed by atoms with Gasteiger partial charge in [0.05, 0.1) is 16.6 Å². The number of amides is 1. The molecule has 6 heteroatoms. The van der Waals surface area contributed by atoms with Gasteiger partial charge in [-0.05, 0) is 32.0 Å². The van der Waals surface area contributed by atoms with Gasteiger partial charge in [-0.25, -0.2) is 4.98 Å². The van der Waals surface area contributed by atoms with Crippen molar-refractivity contribution in [1.82, 2.24) is 10.3 Å². The summed E-state index contributed by atoms with van der Waals surface area (Å²) in [6.45, 7) is 3.97. The van der Waals surface area contributed by atoms with Crippen molar-refractivity contribution >= 4 is 40.4 Å². The van der Waals surface area contributed by atoms with Crippen molar-refractivity contribution in [3.63, 3.8) is 0 Å². The summed E-state index contributed by atoms with van der Waals surface area (Å²) in [6, 6.07) is 5.50. The highest BCUT2D eigenvalue weighted by Crippen LogP contribution is 2.23. The average molecular weight is 315 g/mol. The van der Waals surface area contributed by atoms with Crippen LogP contribution in [0.3, 0.4) is 0 Å². The lowest BCUT2D eigenvalue weighted by atomic mass is 10.2. The quantitative estimate of drug-likeness (QED) is 0.860. The summed E-state index contributed by atoms with van der Waals surface area (Å²) >= 11 is 13.2. The fourth-order valence-corrected chi connectivity index (χ4v) is 2.73. The van der Waals surface area contributed by atoms with Gasteiger partial charge in [-0.1, -0.05) is 23.2 Å². The summed E-state index contributed by atoms with van der Waals surface area (Å²) in [5.41, 5.74) is 0.398. The predicted octanol–water partition coefficient (Wildman–Crippen LogP) is 4.25. The smallest absolute Gasteiger partial charge is 0.253 e. The highest BCUT2D eigenvalue weighted by molar-refractivity contribution is 7.12. The van der Waals surface area contributed by atoms with E-state index in [0.29, 0.717) is 5.56 Å². The monoisotopic (exact) mass is 314 g/mol. The summed E-state index contributed by atoms with van der Waals surface area (Å²) in [5, 5.41) is 3.37. The number of carbonyl (C=O) groups is 1. The second-order valence-electron chi connectivity index (χ2n) is 4.14. The Bertz CT molecular complexity index is 612. The van der Waals surface area contributed by atoms with Crippen LogP contribution >= 0.6 is 34.5 Å². The largest absolute Gasteiger partial charge is 0.345 e. The number of aromatic nitrogens is 1. The third-order valence-corrected chi connectivity index (χ3v) is 4.46. The molecular weight excluding hydrogens is 303 g/mol. The van der Waals surface area contributed by atoms with Crippen LogP contribution in [-0.2, 0) is 0 Å². The zero-order valence-electron chi connectivity index (χ0n) is 10.4. The number of carbonyl (C=O) groups excluding carboxylic acids is 1. The van der Waals surface area contributed by atoms with Crippen LogP contribution < -0.4 is 5.32 Å². The molecule has 0 saturated heterocycles. The molecular formula is C13H12Cl2N2OS. The van der Waals surface area contributed by atoms with Gasteiger partial charge in [0.25, 0.3) is 5.91 Å². The van der Waals surface area contributed by atoms with E-state index in [-0.39, 0.29) is 22.1 Å². The molecule has 2 rings (SSSR count). The molecule has 3 nitrogen and oxygen atoms in total. The third kappa shape index (κ3) is 3.47. The van der Waals surface area contributed by atoms with Gasteiger partial charge >= 0.3 is 0 Å². The van der Waals surface area contributed by atoms with E-state index >= 15 is 0 Å². The Kier molecular flexibility index (Phi) is 4.45. The van der Waals surface area contributed by atoms with Gasteiger partial charge in [-0.2, -0.15) is 0 Å². The van der Waals surface area contributed by atoms with Gasteiger partial charge in [0.1, 0.15) is 5.15 Å². The van der Waals surface area contributed by atoms with Crippen molar-refractivity contribution < 1.29 is 4.79 Å². The second-order valence-corrected chi connectivity index (χ2v) is 6.22. The molecule has 2 aromatic heterocycles. The standard InChI is InChI=1S/C13H12Cl2N2OS/c1-7-3-4-11(19-7)8(2)17-13(18)9-5-10(14)12(15)16-6-9/h3-6,8H,1-2H3,(H,17,18). The lowest BCUT2D eigenvalue weighted by Gasteiger charge is -2.12. The highest BCUT2D eigenvalue weighted by atomic mass is 35.5. The summed E-state index contributed by atoms with van der Waals surface area (Å²) < 4.78 is 0. The van der Waals surface area contributed by atoms with E-state index in [2.05, 4.69) is 10.3 Å². The van der Waals surface area contributed by atoms with Gasteiger partial charge in [0.15, 0.2) is 0 Å². The molecule has 100 valence electrons. The van der Waals surface area contributed by atoms with Gasteiger partial charge in [-0.3, -0.25) is 4.79 Å². The van der Waals surface area contributed by atoms with Crippen LogP contribution in [0.1, 0.15) is 33.1 Å². The molecule has 0 fully saturated rings. The Morgan fingerprint density at radius 2 is 2.16 bits per heavy atom. The number of nitrogens with one attached hydrogen (secondary N) is 1. The van der Waals surface area contributed by atoms with E-state index in [0.717, 1.165) is 4.88 Å². The number of nitrogens with zero attached hydrogens (tertiary/aromatic N) is 1. The summed E-state index contributed by atoms with van der Waals surface area (Å²) in [6.07, 6.45) is 1.41. The molecule has 1 N–H and O–H groups in total. The number of aryl methyl sites for hydroxylation is 1. The van der Waals surface area contributed by atoms with E-state index in [9.17, 15) is 4.79 Å². The van der Waals surface area contributed by atoms with Crippen molar-refractivity contribution in [3.8, 4) is 0 Å². The fraction of sp³-hybridized carbons (Fsp3) is 0.231. The van der Waals surface area contributed by atoms with E-state index in [1.54, 1.807) is 11.3 Å². The van der Waals surface area contributed by atoms with Crippen LogP contribution in [0.2, 0.25) is 10.2 Å². The molecule has 2 aromatic rings. The molecule has 0 aromatic carbocycles. The fourth-order valence-electron chi connectivity index (χ4n) is 1.58. The van der Waals surface area contributed by atoms with E-state index in [4.69, 9.17) is 23.2 Å².